The maximum Gasteiger partial charge on any atom is 0.242 e. The number of aliphatic hydroxyl groups excluding tert-OH is 1. The molecule has 1 saturated carbocycles. The highest BCUT2D eigenvalue weighted by Crippen LogP contribution is 2.32. The molecule has 2 aliphatic rings. The molecular formula is C20H27N5O2. The first-order valence-electron chi connectivity index (χ1n) is 9.68. The number of aliphatic hydroxyl groups is 1. The zero-order valence-electron chi connectivity index (χ0n) is 15.9. The van der Waals surface area contributed by atoms with Gasteiger partial charge >= 0.3 is 0 Å². The topological polar surface area (TPSA) is 94.4 Å². The second-order valence-electron chi connectivity index (χ2n) is 7.90. The number of phenols is 1. The zero-order chi connectivity index (χ0) is 19.0. The first-order chi connectivity index (χ1) is 13.0. The third kappa shape index (κ3) is 3.89. The van der Waals surface area contributed by atoms with Crippen molar-refractivity contribution in [3.05, 3.63) is 29.5 Å². The maximum atomic E-state index is 10.3. The van der Waals surface area contributed by atoms with Crippen LogP contribution >= 0.6 is 0 Å². The second-order valence-corrected chi connectivity index (χ2v) is 7.90. The van der Waals surface area contributed by atoms with Crippen molar-refractivity contribution in [2.75, 3.05) is 18.4 Å². The average molecular weight is 369 g/mol. The Labute approximate surface area is 159 Å². The summed E-state index contributed by atoms with van der Waals surface area (Å²) in [5.41, 5.74) is 3.22. The largest absolute Gasteiger partial charge is 0.507 e. The highest BCUT2D eigenvalue weighted by molar-refractivity contribution is 5.70. The van der Waals surface area contributed by atoms with Gasteiger partial charge in [-0.1, -0.05) is 6.07 Å². The molecule has 144 valence electrons. The molecule has 2 aromatic rings. The van der Waals surface area contributed by atoms with Gasteiger partial charge in [-0.2, -0.15) is 0 Å². The van der Waals surface area contributed by atoms with Gasteiger partial charge in [0.15, 0.2) is 0 Å². The molecule has 3 N–H and O–H groups in total. The lowest BCUT2D eigenvalue weighted by Gasteiger charge is -2.44. The summed E-state index contributed by atoms with van der Waals surface area (Å²) in [5.74, 6) is 0.721. The molecule has 2 heterocycles. The molecular weight excluding hydrogens is 342 g/mol. The number of benzene rings is 1. The van der Waals surface area contributed by atoms with Crippen molar-refractivity contribution in [2.45, 2.75) is 57.7 Å². The number of likely N-dealkylation sites (tertiary alicyclic amines) is 1. The Morgan fingerprint density at radius 1 is 1.19 bits per heavy atom. The quantitative estimate of drug-likeness (QED) is 0.761. The Hall–Kier alpha value is -2.25. The van der Waals surface area contributed by atoms with E-state index in [1.165, 1.54) is 0 Å². The van der Waals surface area contributed by atoms with Crippen molar-refractivity contribution in [3.8, 4) is 17.0 Å². The molecule has 1 atom stereocenters. The van der Waals surface area contributed by atoms with E-state index in [0.29, 0.717) is 29.3 Å². The van der Waals surface area contributed by atoms with Crippen LogP contribution in [0.3, 0.4) is 0 Å². The lowest BCUT2D eigenvalue weighted by atomic mass is 9.86. The van der Waals surface area contributed by atoms with Gasteiger partial charge < -0.3 is 15.5 Å². The summed E-state index contributed by atoms with van der Waals surface area (Å²) < 4.78 is 0. The van der Waals surface area contributed by atoms with E-state index in [1.54, 1.807) is 12.3 Å². The van der Waals surface area contributed by atoms with Crippen molar-refractivity contribution in [1.82, 2.24) is 20.1 Å². The smallest absolute Gasteiger partial charge is 0.242 e. The van der Waals surface area contributed by atoms with E-state index in [2.05, 4.69) is 25.4 Å². The molecule has 0 spiro atoms. The highest BCUT2D eigenvalue weighted by Gasteiger charge is 2.34. The number of aromatic nitrogens is 3. The fraction of sp³-hybridized carbons (Fsp3) is 0.550. The van der Waals surface area contributed by atoms with Gasteiger partial charge in [0.25, 0.3) is 0 Å². The molecule has 27 heavy (non-hydrogen) atoms. The van der Waals surface area contributed by atoms with E-state index in [1.807, 2.05) is 19.9 Å². The molecule has 1 saturated heterocycles. The second kappa shape index (κ2) is 7.40. The Morgan fingerprint density at radius 2 is 2.00 bits per heavy atom. The van der Waals surface area contributed by atoms with E-state index in [9.17, 15) is 10.2 Å². The minimum Gasteiger partial charge on any atom is -0.507 e. The number of hydrogen-bond donors (Lipinski definition) is 3. The predicted octanol–water partition coefficient (Wildman–Crippen LogP) is 2.26. The Kier molecular flexibility index (Phi) is 4.97. The number of anilines is 1. The third-order valence-corrected chi connectivity index (χ3v) is 5.67. The number of nitrogens with zero attached hydrogens (tertiary/aromatic N) is 4. The van der Waals surface area contributed by atoms with Gasteiger partial charge in [-0.25, -0.2) is 4.98 Å². The van der Waals surface area contributed by atoms with Gasteiger partial charge in [-0.15, -0.1) is 10.2 Å². The standard InChI is InChI=1S/C20H27N5O2/c1-12-6-13(2)19(18(27)7-12)17-10-21-20(24-23-17)22-14-4-3-5-25(11-14)15-8-16(26)9-15/h6-7,10,14-16,26-27H,3-5,8-9,11H2,1-2H3,(H,21,22,24)/t14-,15-,16+/m1/s1. The fourth-order valence-electron chi connectivity index (χ4n) is 4.23. The number of rotatable bonds is 4. The predicted molar refractivity (Wildman–Crippen MR) is 104 cm³/mol. The molecule has 0 bridgehead atoms. The van der Waals surface area contributed by atoms with Crippen LogP contribution in [0.15, 0.2) is 18.3 Å². The minimum absolute atomic E-state index is 0.120. The number of aryl methyl sites for hydroxylation is 2. The van der Waals surface area contributed by atoms with Crippen LogP contribution in [0.5, 0.6) is 5.75 Å². The van der Waals surface area contributed by atoms with Crippen LogP contribution in [0.4, 0.5) is 5.95 Å². The summed E-state index contributed by atoms with van der Waals surface area (Å²) in [4.78, 5) is 6.88. The molecule has 0 amide bonds. The van der Waals surface area contributed by atoms with Crippen LogP contribution < -0.4 is 5.32 Å². The number of hydrogen-bond acceptors (Lipinski definition) is 7. The lowest BCUT2D eigenvalue weighted by Crippen LogP contribution is -2.53. The zero-order valence-corrected chi connectivity index (χ0v) is 15.9. The van der Waals surface area contributed by atoms with Crippen LogP contribution in [0.25, 0.3) is 11.3 Å². The molecule has 2 fully saturated rings. The third-order valence-electron chi connectivity index (χ3n) is 5.67. The Balaban J connectivity index is 1.42. The van der Waals surface area contributed by atoms with Gasteiger partial charge in [0.05, 0.1) is 12.3 Å². The first kappa shape index (κ1) is 18.1. The monoisotopic (exact) mass is 369 g/mol. The summed E-state index contributed by atoms with van der Waals surface area (Å²) in [6, 6.07) is 4.54. The van der Waals surface area contributed by atoms with Gasteiger partial charge in [-0.05, 0) is 63.3 Å². The molecule has 4 rings (SSSR count). The number of phenolic OH excluding ortho intramolecular Hbond substituents is 1. The van der Waals surface area contributed by atoms with Crippen LogP contribution in [0.1, 0.15) is 36.8 Å². The number of aromatic hydroxyl groups is 1. The lowest BCUT2D eigenvalue weighted by molar-refractivity contribution is -0.00729. The fourth-order valence-corrected chi connectivity index (χ4v) is 4.23. The number of piperidine rings is 1. The first-order valence-corrected chi connectivity index (χ1v) is 9.68. The average Bonchev–Trinajstić information content (AvgIpc) is 2.60. The van der Waals surface area contributed by atoms with Gasteiger partial charge in [0, 0.05) is 24.2 Å². The molecule has 1 aliphatic carbocycles. The highest BCUT2D eigenvalue weighted by atomic mass is 16.3. The van der Waals surface area contributed by atoms with Crippen molar-refractivity contribution in [1.29, 1.82) is 0 Å². The molecule has 0 radical (unpaired) electrons. The Morgan fingerprint density at radius 3 is 2.67 bits per heavy atom. The molecule has 1 aromatic carbocycles. The minimum atomic E-state index is -0.120. The van der Waals surface area contributed by atoms with Crippen molar-refractivity contribution in [3.63, 3.8) is 0 Å². The van der Waals surface area contributed by atoms with E-state index in [4.69, 9.17) is 0 Å². The summed E-state index contributed by atoms with van der Waals surface area (Å²) >= 11 is 0. The van der Waals surface area contributed by atoms with E-state index in [0.717, 1.165) is 49.9 Å². The normalized spacial score (nSPS) is 25.8. The van der Waals surface area contributed by atoms with Crippen LogP contribution in [-0.2, 0) is 0 Å². The van der Waals surface area contributed by atoms with E-state index >= 15 is 0 Å². The summed E-state index contributed by atoms with van der Waals surface area (Å²) in [5, 5.41) is 31.7. The summed E-state index contributed by atoms with van der Waals surface area (Å²) in [6.07, 6.45) is 5.53. The molecule has 7 heteroatoms. The van der Waals surface area contributed by atoms with Gasteiger partial charge in [0.1, 0.15) is 11.4 Å². The SMILES string of the molecule is Cc1cc(C)c(-c2cnc(N[C@@H]3CCCN([C@H]4C[C@@H](O)C4)C3)nn2)c(O)c1. The molecule has 0 unspecified atom stereocenters. The maximum absolute atomic E-state index is 10.3. The van der Waals surface area contributed by atoms with Crippen LogP contribution in [-0.4, -0.2) is 61.6 Å². The Bertz CT molecular complexity index is 782. The van der Waals surface area contributed by atoms with E-state index in [-0.39, 0.29) is 11.9 Å². The van der Waals surface area contributed by atoms with Crippen molar-refractivity contribution >= 4 is 5.95 Å². The molecule has 1 aromatic heterocycles. The molecule has 1 aliphatic heterocycles. The van der Waals surface area contributed by atoms with Gasteiger partial charge in [-0.3, -0.25) is 4.90 Å². The van der Waals surface area contributed by atoms with Crippen molar-refractivity contribution < 1.29 is 10.2 Å². The molecule has 7 nitrogen and oxygen atoms in total. The van der Waals surface area contributed by atoms with Crippen LogP contribution in [0, 0.1) is 13.8 Å². The van der Waals surface area contributed by atoms with E-state index < -0.39 is 0 Å². The van der Waals surface area contributed by atoms with Gasteiger partial charge in [0.2, 0.25) is 5.95 Å². The van der Waals surface area contributed by atoms with Crippen molar-refractivity contribution in [2.24, 2.45) is 0 Å². The summed E-state index contributed by atoms with van der Waals surface area (Å²) in [7, 11) is 0. The number of nitrogens with one attached hydrogen (secondary N) is 1. The van der Waals surface area contributed by atoms with Crippen LogP contribution in [0.2, 0.25) is 0 Å². The summed E-state index contributed by atoms with van der Waals surface area (Å²) in [6.45, 7) is 5.94.